The lowest BCUT2D eigenvalue weighted by atomic mass is 10.0. The molecular formula is C24H24ClF3N4O5S. The lowest BCUT2D eigenvalue weighted by Gasteiger charge is -2.12. The van der Waals surface area contributed by atoms with E-state index in [4.69, 9.17) is 5.73 Å². The van der Waals surface area contributed by atoms with Gasteiger partial charge in [-0.3, -0.25) is 14.3 Å². The maximum atomic E-state index is 12.7. The van der Waals surface area contributed by atoms with Crippen LogP contribution in [0.4, 0.5) is 24.5 Å². The number of sulfonamides is 1. The molecule has 0 radical (unpaired) electrons. The molecule has 2 amide bonds. The van der Waals surface area contributed by atoms with Crippen LogP contribution in [0.15, 0.2) is 66.7 Å². The summed E-state index contributed by atoms with van der Waals surface area (Å²) in [6.45, 7) is -0.473. The molecule has 14 heteroatoms. The van der Waals surface area contributed by atoms with Crippen LogP contribution >= 0.6 is 12.4 Å². The lowest BCUT2D eigenvalue weighted by molar-refractivity contribution is -0.137. The van der Waals surface area contributed by atoms with Gasteiger partial charge in [0.25, 0.3) is 5.91 Å². The van der Waals surface area contributed by atoms with E-state index in [2.05, 4.69) is 15.4 Å². The molecule has 0 aliphatic carbocycles. The molecule has 0 aromatic heterocycles. The van der Waals surface area contributed by atoms with Crippen LogP contribution in [0, 0.1) is 0 Å². The zero-order valence-corrected chi connectivity index (χ0v) is 21.2. The Kier molecular flexibility index (Phi) is 10.1. The molecule has 9 nitrogen and oxygen atoms in total. The third-order valence-corrected chi connectivity index (χ3v) is 6.36. The molecule has 3 rings (SSSR count). The van der Waals surface area contributed by atoms with Crippen molar-refractivity contribution >= 4 is 45.6 Å². The van der Waals surface area contributed by atoms with Crippen molar-refractivity contribution in [3.8, 4) is 16.9 Å². The summed E-state index contributed by atoms with van der Waals surface area (Å²) in [6.07, 6.45) is -4.43. The van der Waals surface area contributed by atoms with Gasteiger partial charge in [0, 0.05) is 17.8 Å². The third kappa shape index (κ3) is 8.36. The molecule has 0 heterocycles. The van der Waals surface area contributed by atoms with Crippen LogP contribution < -0.4 is 21.1 Å². The first-order valence-electron chi connectivity index (χ1n) is 10.8. The maximum absolute atomic E-state index is 12.7. The van der Waals surface area contributed by atoms with Crippen molar-refractivity contribution in [1.29, 1.82) is 0 Å². The summed E-state index contributed by atoms with van der Waals surface area (Å²) in [7, 11) is -3.94. The number of benzene rings is 3. The molecular weight excluding hydrogens is 549 g/mol. The number of alkyl halides is 3. The lowest BCUT2D eigenvalue weighted by Crippen LogP contribution is -2.35. The number of phenolic OH excluding ortho intramolecular Hbond substituents is 1. The molecule has 0 fully saturated rings. The topological polar surface area (TPSA) is 151 Å². The average molecular weight is 573 g/mol. The van der Waals surface area contributed by atoms with E-state index < -0.39 is 39.3 Å². The summed E-state index contributed by atoms with van der Waals surface area (Å²) in [6, 6.07) is 14.5. The fraction of sp³-hybridized carbons (Fsp3) is 0.167. The number of anilines is 2. The van der Waals surface area contributed by atoms with Gasteiger partial charge in [-0.15, -0.1) is 12.4 Å². The van der Waals surface area contributed by atoms with Gasteiger partial charge in [0.2, 0.25) is 15.9 Å². The second-order valence-electron chi connectivity index (χ2n) is 7.81. The van der Waals surface area contributed by atoms with Gasteiger partial charge in [-0.05, 0) is 53.6 Å². The Morgan fingerprint density at radius 2 is 1.50 bits per heavy atom. The van der Waals surface area contributed by atoms with Crippen molar-refractivity contribution in [1.82, 2.24) is 5.32 Å². The van der Waals surface area contributed by atoms with E-state index in [1.807, 2.05) is 0 Å². The van der Waals surface area contributed by atoms with Crippen LogP contribution in [-0.2, 0) is 21.0 Å². The van der Waals surface area contributed by atoms with Gasteiger partial charge in [-0.1, -0.05) is 24.3 Å². The first-order chi connectivity index (χ1) is 17.4. The zero-order valence-electron chi connectivity index (χ0n) is 19.6. The normalized spacial score (nSPS) is 11.3. The summed E-state index contributed by atoms with van der Waals surface area (Å²) in [4.78, 5) is 23.8. The zero-order chi connectivity index (χ0) is 27.2. The van der Waals surface area contributed by atoms with Gasteiger partial charge in [-0.2, -0.15) is 13.2 Å². The van der Waals surface area contributed by atoms with E-state index in [-0.39, 0.29) is 48.2 Å². The standard InChI is InChI=1S/C24H23F3N4O5S.ClH/c25-24(26,27)18-7-5-16(6-8-18)15-1-3-17(4-2-15)23(34)30-19-9-10-21(32)20(13-19)31-37(35,36)12-11-29-22(33)14-28;/h1-10,13,31-32H,11-12,14,28H2,(H,29,33)(H,30,34);1H. The van der Waals surface area contributed by atoms with Crippen molar-refractivity contribution in [2.75, 3.05) is 28.9 Å². The quantitative estimate of drug-likeness (QED) is 0.195. The fourth-order valence-electron chi connectivity index (χ4n) is 3.18. The number of phenols is 1. The number of nitrogens with one attached hydrogen (secondary N) is 3. The minimum atomic E-state index is -4.43. The van der Waals surface area contributed by atoms with E-state index in [1.165, 1.54) is 42.5 Å². The summed E-state index contributed by atoms with van der Waals surface area (Å²) in [5.41, 5.74) is 5.76. The van der Waals surface area contributed by atoms with E-state index in [0.29, 0.717) is 11.1 Å². The van der Waals surface area contributed by atoms with Crippen molar-refractivity contribution in [2.24, 2.45) is 5.73 Å². The number of aromatic hydroxyl groups is 1. The smallest absolute Gasteiger partial charge is 0.416 e. The molecule has 0 unspecified atom stereocenters. The van der Waals surface area contributed by atoms with Gasteiger partial charge < -0.3 is 21.5 Å². The molecule has 38 heavy (non-hydrogen) atoms. The molecule has 204 valence electrons. The molecule has 0 bridgehead atoms. The second kappa shape index (κ2) is 12.6. The number of nitrogens with two attached hydrogens (primary N) is 1. The highest BCUT2D eigenvalue weighted by Crippen LogP contribution is 2.31. The Bertz CT molecular complexity index is 1380. The Labute approximate surface area is 222 Å². The van der Waals surface area contributed by atoms with E-state index in [0.717, 1.165) is 12.1 Å². The van der Waals surface area contributed by atoms with Crippen molar-refractivity contribution in [3.05, 3.63) is 77.9 Å². The summed E-state index contributed by atoms with van der Waals surface area (Å²) >= 11 is 0. The minimum absolute atomic E-state index is 0. The fourth-order valence-corrected chi connectivity index (χ4v) is 4.15. The number of rotatable bonds is 9. The van der Waals surface area contributed by atoms with Crippen molar-refractivity contribution in [3.63, 3.8) is 0 Å². The number of halogens is 4. The Balaban J connectivity index is 0.00000507. The van der Waals surface area contributed by atoms with Crippen LogP contribution in [0.1, 0.15) is 15.9 Å². The highest BCUT2D eigenvalue weighted by Gasteiger charge is 2.30. The average Bonchev–Trinajstić information content (AvgIpc) is 2.85. The number of carbonyl (C=O) groups is 2. The Morgan fingerprint density at radius 3 is 2.05 bits per heavy atom. The maximum Gasteiger partial charge on any atom is 0.416 e. The first kappa shape index (κ1) is 30.4. The molecule has 0 saturated carbocycles. The summed E-state index contributed by atoms with van der Waals surface area (Å²) < 4.78 is 64.9. The molecule has 0 aliphatic rings. The van der Waals surface area contributed by atoms with Gasteiger partial charge in [-0.25, -0.2) is 8.42 Å². The third-order valence-electron chi connectivity index (χ3n) is 5.09. The van der Waals surface area contributed by atoms with Crippen LogP contribution in [0.5, 0.6) is 5.75 Å². The van der Waals surface area contributed by atoms with Crippen LogP contribution in [0.2, 0.25) is 0 Å². The molecule has 3 aromatic carbocycles. The number of carbonyl (C=O) groups excluding carboxylic acids is 2. The van der Waals surface area contributed by atoms with Crippen molar-refractivity contribution in [2.45, 2.75) is 6.18 Å². The van der Waals surface area contributed by atoms with Gasteiger partial charge in [0.05, 0.1) is 23.5 Å². The minimum Gasteiger partial charge on any atom is -0.506 e. The molecule has 0 spiro atoms. The summed E-state index contributed by atoms with van der Waals surface area (Å²) in [5, 5.41) is 14.9. The Morgan fingerprint density at radius 1 is 0.921 bits per heavy atom. The summed E-state index contributed by atoms with van der Waals surface area (Å²) in [5.74, 6) is -1.91. The largest absolute Gasteiger partial charge is 0.506 e. The van der Waals surface area contributed by atoms with E-state index in [9.17, 15) is 36.3 Å². The number of amides is 2. The molecule has 6 N–H and O–H groups in total. The SMILES string of the molecule is Cl.NCC(=O)NCCS(=O)(=O)Nc1cc(NC(=O)c2ccc(-c3ccc(C(F)(F)F)cc3)cc2)ccc1O. The predicted molar refractivity (Wildman–Crippen MR) is 140 cm³/mol. The van der Waals surface area contributed by atoms with Crippen LogP contribution in [0.3, 0.4) is 0 Å². The molecule has 0 saturated heterocycles. The van der Waals surface area contributed by atoms with Crippen LogP contribution in [-0.4, -0.2) is 44.2 Å². The molecule has 3 aromatic rings. The molecule has 0 aliphatic heterocycles. The highest BCUT2D eigenvalue weighted by atomic mass is 35.5. The van der Waals surface area contributed by atoms with Crippen molar-refractivity contribution < 1.29 is 36.3 Å². The van der Waals surface area contributed by atoms with Gasteiger partial charge >= 0.3 is 6.18 Å². The highest BCUT2D eigenvalue weighted by molar-refractivity contribution is 7.92. The monoisotopic (exact) mass is 572 g/mol. The number of hydrogen-bond acceptors (Lipinski definition) is 6. The predicted octanol–water partition coefficient (Wildman–Crippen LogP) is 3.57. The van der Waals surface area contributed by atoms with E-state index in [1.54, 1.807) is 12.1 Å². The first-order valence-corrected chi connectivity index (χ1v) is 12.4. The van der Waals surface area contributed by atoms with Gasteiger partial charge in [0.15, 0.2) is 0 Å². The van der Waals surface area contributed by atoms with E-state index >= 15 is 0 Å². The van der Waals surface area contributed by atoms with Gasteiger partial charge in [0.1, 0.15) is 5.75 Å². The number of hydrogen-bond donors (Lipinski definition) is 5. The molecule has 0 atom stereocenters. The van der Waals surface area contributed by atoms with Crippen LogP contribution in [0.25, 0.3) is 11.1 Å². The second-order valence-corrected chi connectivity index (χ2v) is 9.66. The Hall–Kier alpha value is -3.81.